The minimum absolute atomic E-state index is 0.469. The van der Waals surface area contributed by atoms with Crippen molar-refractivity contribution in [2.75, 3.05) is 24.6 Å². The molecular weight excluding hydrogens is 333 g/mol. The van der Waals surface area contributed by atoms with Gasteiger partial charge in [0.1, 0.15) is 0 Å². The van der Waals surface area contributed by atoms with Gasteiger partial charge >= 0.3 is 93.5 Å². The molecule has 0 aromatic carbocycles. The molecule has 4 N–H and O–H groups in total. The van der Waals surface area contributed by atoms with Gasteiger partial charge in [0.05, 0.1) is 0 Å². The van der Waals surface area contributed by atoms with E-state index in [-0.39, 0.29) is 0 Å². The van der Waals surface area contributed by atoms with Crippen LogP contribution < -0.4 is 11.5 Å². The van der Waals surface area contributed by atoms with Crippen LogP contribution in [0.2, 0.25) is 0 Å². The van der Waals surface area contributed by atoms with Gasteiger partial charge in [-0.15, -0.1) is 0 Å². The zero-order valence-corrected chi connectivity index (χ0v) is 12.9. The maximum absolute atomic E-state index is 11.1. The molecule has 0 amide bonds. The predicted molar refractivity (Wildman–Crippen MR) is 57.0 cm³/mol. The van der Waals surface area contributed by atoms with Crippen LogP contribution in [-0.2, 0) is 10.3 Å². The second kappa shape index (κ2) is 9.65. The summed E-state index contributed by atoms with van der Waals surface area (Å²) in [4.78, 5) is 0. The van der Waals surface area contributed by atoms with Crippen LogP contribution in [0.5, 0.6) is 0 Å². The first-order valence-corrected chi connectivity index (χ1v) is 14.2. The van der Waals surface area contributed by atoms with Gasteiger partial charge in [0.15, 0.2) is 0 Å². The van der Waals surface area contributed by atoms with E-state index in [1.807, 2.05) is 0 Å². The van der Waals surface area contributed by atoms with Crippen LogP contribution in [0.25, 0.3) is 0 Å². The van der Waals surface area contributed by atoms with Crippen molar-refractivity contribution in [3.8, 4) is 0 Å². The number of nitrogens with two attached hydrogens (primary N) is 2. The van der Waals surface area contributed by atoms with E-state index < -0.39 is 27.0 Å². The van der Waals surface area contributed by atoms with Crippen molar-refractivity contribution in [2.24, 2.45) is 11.5 Å². The second-order valence-electron chi connectivity index (χ2n) is 1.88. The van der Waals surface area contributed by atoms with Gasteiger partial charge in [-0.3, -0.25) is 0 Å². The van der Waals surface area contributed by atoms with Crippen molar-refractivity contribution in [1.82, 2.24) is 0 Å². The summed E-state index contributed by atoms with van der Waals surface area (Å²) < 4.78 is 27.1. The Hall–Kier alpha value is 1.11. The summed E-state index contributed by atoms with van der Waals surface area (Å²) in [7, 11) is 2.40. The topological polar surface area (TPSA) is 95.4 Å². The minimum atomic E-state index is -2.79. The third-order valence-corrected chi connectivity index (χ3v) is 16.6. The molecular formula is C4H12Ge2N2O3S2. The summed E-state index contributed by atoms with van der Waals surface area (Å²) in [5.74, 6) is 1.21. The molecule has 76 valence electrons. The molecule has 0 fully saturated rings. The first kappa shape index (κ1) is 14.1. The van der Waals surface area contributed by atoms with Crippen LogP contribution in [0.4, 0.5) is 0 Å². The molecule has 9 heteroatoms. The molecule has 0 aliphatic carbocycles. The molecule has 0 rings (SSSR count). The second-order valence-corrected chi connectivity index (χ2v) is 15.1. The molecule has 0 aromatic rings. The first-order chi connectivity index (χ1) is 6.20. The monoisotopic (exact) mass is 348 g/mol. The molecule has 0 unspecified atom stereocenters. The molecule has 0 aliphatic rings. The number of rotatable bonds is 8. The van der Waals surface area contributed by atoms with E-state index in [0.29, 0.717) is 24.6 Å². The standard InChI is InChI=1S/C4H12Ge2N2O3S2/c7-1-3-12-5(9)11-6(10)13-4-2-8/h1-4,7-8H2. The van der Waals surface area contributed by atoms with E-state index in [1.54, 1.807) is 0 Å². The molecule has 0 saturated heterocycles. The Kier molecular flexibility index (Phi) is 10.5. The van der Waals surface area contributed by atoms with Gasteiger partial charge in [-0.05, 0) is 0 Å². The summed E-state index contributed by atoms with van der Waals surface area (Å²) in [5.41, 5.74) is 10.4. The Morgan fingerprint density at radius 1 is 1.00 bits per heavy atom. The molecule has 0 saturated carbocycles. The van der Waals surface area contributed by atoms with Gasteiger partial charge in [0, 0.05) is 0 Å². The Labute approximate surface area is 93.1 Å². The van der Waals surface area contributed by atoms with Gasteiger partial charge in [-0.2, -0.15) is 0 Å². The summed E-state index contributed by atoms with van der Waals surface area (Å²) in [6.45, 7) is 0.938. The molecule has 0 radical (unpaired) electrons. The third kappa shape index (κ3) is 9.41. The molecule has 0 aliphatic heterocycles. The zero-order chi connectivity index (χ0) is 10.1. The van der Waals surface area contributed by atoms with Crippen molar-refractivity contribution in [3.05, 3.63) is 0 Å². The molecule has 0 bridgehead atoms. The molecule has 5 nitrogen and oxygen atoms in total. The fraction of sp³-hybridized carbons (Fsp3) is 1.00. The van der Waals surface area contributed by atoms with E-state index in [4.69, 9.17) is 14.3 Å². The Bertz CT molecular complexity index is 165. The molecule has 0 spiro atoms. The third-order valence-electron chi connectivity index (χ3n) is 0.842. The fourth-order valence-electron chi connectivity index (χ4n) is 0.411. The number of hydrogen-bond donors (Lipinski definition) is 2. The Morgan fingerprint density at radius 2 is 1.38 bits per heavy atom. The van der Waals surface area contributed by atoms with Crippen molar-refractivity contribution >= 4 is 47.1 Å². The van der Waals surface area contributed by atoms with Crippen LogP contribution in [-0.4, -0.2) is 51.6 Å². The Balaban J connectivity index is 3.47. The zero-order valence-electron chi connectivity index (χ0n) is 7.02. The average Bonchev–Trinajstić information content (AvgIpc) is 2.11. The summed E-state index contributed by atoms with van der Waals surface area (Å²) in [6.07, 6.45) is 0. The average molecular weight is 346 g/mol. The van der Waals surface area contributed by atoms with Crippen LogP contribution in [0, 0.1) is 0 Å². The maximum atomic E-state index is 11.1. The fourth-order valence-corrected chi connectivity index (χ4v) is 16.6. The van der Waals surface area contributed by atoms with Crippen molar-refractivity contribution in [2.45, 2.75) is 0 Å². The van der Waals surface area contributed by atoms with Gasteiger partial charge in [-0.1, -0.05) is 0 Å². The first-order valence-electron chi connectivity index (χ1n) is 3.62. The summed E-state index contributed by atoms with van der Waals surface area (Å²) >= 11 is -5.58. The molecule has 0 atom stereocenters. The van der Waals surface area contributed by atoms with Gasteiger partial charge in [-0.25, -0.2) is 0 Å². The van der Waals surface area contributed by atoms with Gasteiger partial charge in [0.25, 0.3) is 0 Å². The quantitative estimate of drug-likeness (QED) is 0.557. The van der Waals surface area contributed by atoms with E-state index in [9.17, 15) is 7.56 Å². The molecule has 0 aromatic heterocycles. The SMILES string of the molecule is NCC[S][Ge](=[O])[O][Ge](=[O])[S]CCN. The van der Waals surface area contributed by atoms with E-state index in [2.05, 4.69) is 0 Å². The van der Waals surface area contributed by atoms with Crippen molar-refractivity contribution < 1.29 is 10.3 Å². The van der Waals surface area contributed by atoms with Crippen molar-refractivity contribution in [1.29, 1.82) is 0 Å². The van der Waals surface area contributed by atoms with Crippen LogP contribution in [0.15, 0.2) is 0 Å². The van der Waals surface area contributed by atoms with Crippen LogP contribution in [0.3, 0.4) is 0 Å². The molecule has 0 heterocycles. The summed E-state index contributed by atoms with van der Waals surface area (Å²) in [6, 6.07) is 0. The Morgan fingerprint density at radius 3 is 1.69 bits per heavy atom. The van der Waals surface area contributed by atoms with Gasteiger partial charge in [0.2, 0.25) is 0 Å². The van der Waals surface area contributed by atoms with E-state index >= 15 is 0 Å². The normalized spacial score (nSPS) is 9.69. The van der Waals surface area contributed by atoms with Crippen LogP contribution in [0.1, 0.15) is 0 Å². The van der Waals surface area contributed by atoms with Gasteiger partial charge < -0.3 is 0 Å². The van der Waals surface area contributed by atoms with E-state index in [0.717, 1.165) is 0 Å². The van der Waals surface area contributed by atoms with E-state index in [1.165, 1.54) is 20.2 Å². The van der Waals surface area contributed by atoms with Crippen molar-refractivity contribution in [3.63, 3.8) is 0 Å². The molecule has 13 heavy (non-hydrogen) atoms. The number of hydrogen-bond acceptors (Lipinski definition) is 7. The van der Waals surface area contributed by atoms with Crippen LogP contribution >= 0.6 is 20.2 Å². The summed E-state index contributed by atoms with van der Waals surface area (Å²) in [5, 5.41) is 0. The predicted octanol–water partition coefficient (Wildman–Crippen LogP) is -0.782.